The third-order valence-electron chi connectivity index (χ3n) is 2.73. The fourth-order valence-corrected chi connectivity index (χ4v) is 1.66. The van der Waals surface area contributed by atoms with Crippen molar-refractivity contribution in [3.63, 3.8) is 0 Å². The standard InChI is InChI=1S/C12H28N2O/c1-6-14(9-10-15-5)12(4)7-8-13-11(2)3/h11-13H,6-10H2,1-5H3. The van der Waals surface area contributed by atoms with Gasteiger partial charge in [-0.3, -0.25) is 4.90 Å². The minimum absolute atomic E-state index is 0.589. The van der Waals surface area contributed by atoms with Gasteiger partial charge in [0.05, 0.1) is 6.61 Å². The smallest absolute Gasteiger partial charge is 0.0589 e. The van der Waals surface area contributed by atoms with Gasteiger partial charge in [0.25, 0.3) is 0 Å². The second-order valence-corrected chi connectivity index (χ2v) is 4.37. The van der Waals surface area contributed by atoms with Gasteiger partial charge < -0.3 is 10.1 Å². The van der Waals surface area contributed by atoms with E-state index in [-0.39, 0.29) is 0 Å². The second kappa shape index (κ2) is 9.13. The SMILES string of the molecule is CCN(CCOC)C(C)CCNC(C)C. The van der Waals surface area contributed by atoms with Crippen molar-refractivity contribution < 1.29 is 4.74 Å². The van der Waals surface area contributed by atoms with Crippen LogP contribution < -0.4 is 5.32 Å². The molecule has 0 rings (SSSR count). The molecule has 0 fully saturated rings. The van der Waals surface area contributed by atoms with Gasteiger partial charge in [-0.15, -0.1) is 0 Å². The van der Waals surface area contributed by atoms with Crippen LogP contribution in [0.1, 0.15) is 34.1 Å². The zero-order valence-corrected chi connectivity index (χ0v) is 11.0. The lowest BCUT2D eigenvalue weighted by Crippen LogP contribution is -2.38. The lowest BCUT2D eigenvalue weighted by atomic mass is 10.2. The quantitative estimate of drug-likeness (QED) is 0.635. The van der Waals surface area contributed by atoms with E-state index in [0.29, 0.717) is 12.1 Å². The van der Waals surface area contributed by atoms with E-state index in [2.05, 4.69) is 37.9 Å². The van der Waals surface area contributed by atoms with Crippen LogP contribution in [-0.4, -0.2) is 50.3 Å². The van der Waals surface area contributed by atoms with Gasteiger partial charge in [0.2, 0.25) is 0 Å². The van der Waals surface area contributed by atoms with Crippen LogP contribution >= 0.6 is 0 Å². The maximum absolute atomic E-state index is 5.11. The van der Waals surface area contributed by atoms with E-state index in [4.69, 9.17) is 4.74 Å². The number of nitrogens with zero attached hydrogens (tertiary/aromatic N) is 1. The second-order valence-electron chi connectivity index (χ2n) is 4.37. The van der Waals surface area contributed by atoms with Crippen molar-refractivity contribution in [2.24, 2.45) is 0 Å². The van der Waals surface area contributed by atoms with E-state index in [1.54, 1.807) is 7.11 Å². The molecule has 0 saturated carbocycles. The van der Waals surface area contributed by atoms with Gasteiger partial charge in [-0.1, -0.05) is 20.8 Å². The molecule has 0 aliphatic carbocycles. The van der Waals surface area contributed by atoms with Gasteiger partial charge in [-0.05, 0) is 26.4 Å². The summed E-state index contributed by atoms with van der Waals surface area (Å²) >= 11 is 0. The number of rotatable bonds is 9. The normalized spacial score (nSPS) is 13.8. The van der Waals surface area contributed by atoms with E-state index in [9.17, 15) is 0 Å². The fourth-order valence-electron chi connectivity index (χ4n) is 1.66. The molecule has 0 bridgehead atoms. The van der Waals surface area contributed by atoms with Gasteiger partial charge in [0.1, 0.15) is 0 Å². The summed E-state index contributed by atoms with van der Waals surface area (Å²) in [5.41, 5.74) is 0. The topological polar surface area (TPSA) is 24.5 Å². The molecule has 1 atom stereocenters. The van der Waals surface area contributed by atoms with Crippen molar-refractivity contribution in [3.05, 3.63) is 0 Å². The highest BCUT2D eigenvalue weighted by molar-refractivity contribution is 4.67. The van der Waals surface area contributed by atoms with Crippen LogP contribution in [0, 0.1) is 0 Å². The van der Waals surface area contributed by atoms with Crippen molar-refractivity contribution >= 4 is 0 Å². The Balaban J connectivity index is 3.67. The highest BCUT2D eigenvalue weighted by Gasteiger charge is 2.10. The van der Waals surface area contributed by atoms with Crippen LogP contribution in [0.5, 0.6) is 0 Å². The highest BCUT2D eigenvalue weighted by Crippen LogP contribution is 2.02. The van der Waals surface area contributed by atoms with Crippen molar-refractivity contribution in [2.75, 3.05) is 33.4 Å². The summed E-state index contributed by atoms with van der Waals surface area (Å²) in [4.78, 5) is 2.46. The lowest BCUT2D eigenvalue weighted by Gasteiger charge is -2.27. The Morgan fingerprint density at radius 3 is 2.40 bits per heavy atom. The van der Waals surface area contributed by atoms with Gasteiger partial charge >= 0.3 is 0 Å². The van der Waals surface area contributed by atoms with Crippen LogP contribution in [0.25, 0.3) is 0 Å². The summed E-state index contributed by atoms with van der Waals surface area (Å²) in [6, 6.07) is 1.22. The van der Waals surface area contributed by atoms with E-state index in [1.165, 1.54) is 6.42 Å². The van der Waals surface area contributed by atoms with Crippen molar-refractivity contribution in [2.45, 2.75) is 46.2 Å². The van der Waals surface area contributed by atoms with Crippen LogP contribution in [0.4, 0.5) is 0 Å². The number of methoxy groups -OCH3 is 1. The van der Waals surface area contributed by atoms with Crippen LogP contribution in [0.3, 0.4) is 0 Å². The van der Waals surface area contributed by atoms with E-state index < -0.39 is 0 Å². The molecule has 0 spiro atoms. The molecule has 0 aromatic rings. The largest absolute Gasteiger partial charge is 0.383 e. The number of likely N-dealkylation sites (N-methyl/N-ethyl adjacent to an activating group) is 1. The summed E-state index contributed by atoms with van der Waals surface area (Å²) in [6.45, 7) is 12.9. The molecule has 1 unspecified atom stereocenters. The molecule has 0 radical (unpaired) electrons. The van der Waals surface area contributed by atoms with Crippen molar-refractivity contribution in [3.8, 4) is 0 Å². The molecule has 1 N–H and O–H groups in total. The predicted octanol–water partition coefficient (Wildman–Crippen LogP) is 1.73. The molecular formula is C12H28N2O. The Morgan fingerprint density at radius 2 is 1.93 bits per heavy atom. The van der Waals surface area contributed by atoms with Gasteiger partial charge in [-0.2, -0.15) is 0 Å². The molecule has 92 valence electrons. The first-order chi connectivity index (χ1) is 7.11. The summed E-state index contributed by atoms with van der Waals surface area (Å²) < 4.78 is 5.11. The molecule has 0 heterocycles. The maximum Gasteiger partial charge on any atom is 0.0589 e. The fraction of sp³-hybridized carbons (Fsp3) is 1.00. The van der Waals surface area contributed by atoms with Crippen molar-refractivity contribution in [1.29, 1.82) is 0 Å². The molecule has 0 saturated heterocycles. The Kier molecular flexibility index (Phi) is 9.06. The molecule has 0 amide bonds. The number of hydrogen-bond donors (Lipinski definition) is 1. The molecule has 0 aromatic heterocycles. The molecule has 0 aliphatic rings. The molecular weight excluding hydrogens is 188 g/mol. The first-order valence-corrected chi connectivity index (χ1v) is 6.08. The molecule has 0 aromatic carbocycles. The average molecular weight is 216 g/mol. The molecule has 15 heavy (non-hydrogen) atoms. The molecule has 3 heteroatoms. The lowest BCUT2D eigenvalue weighted by molar-refractivity contribution is 0.125. The predicted molar refractivity (Wildman–Crippen MR) is 66.3 cm³/mol. The minimum Gasteiger partial charge on any atom is -0.383 e. The number of ether oxygens (including phenoxy) is 1. The summed E-state index contributed by atoms with van der Waals surface area (Å²) in [7, 11) is 1.76. The van der Waals surface area contributed by atoms with Crippen molar-refractivity contribution in [1.82, 2.24) is 10.2 Å². The van der Waals surface area contributed by atoms with Gasteiger partial charge in [0, 0.05) is 25.7 Å². The third kappa shape index (κ3) is 7.77. The monoisotopic (exact) mass is 216 g/mol. The van der Waals surface area contributed by atoms with E-state index >= 15 is 0 Å². The van der Waals surface area contributed by atoms with E-state index in [0.717, 1.165) is 26.2 Å². The van der Waals surface area contributed by atoms with Gasteiger partial charge in [-0.25, -0.2) is 0 Å². The zero-order valence-electron chi connectivity index (χ0n) is 11.0. The summed E-state index contributed by atoms with van der Waals surface area (Å²) in [5, 5.41) is 3.45. The van der Waals surface area contributed by atoms with E-state index in [1.807, 2.05) is 0 Å². The Bertz CT molecular complexity index is 140. The first kappa shape index (κ1) is 14.9. The molecule has 3 nitrogen and oxygen atoms in total. The van der Waals surface area contributed by atoms with Crippen LogP contribution in [0.15, 0.2) is 0 Å². The molecule has 0 aliphatic heterocycles. The highest BCUT2D eigenvalue weighted by atomic mass is 16.5. The summed E-state index contributed by atoms with van der Waals surface area (Å²) in [6.07, 6.45) is 1.20. The van der Waals surface area contributed by atoms with Crippen LogP contribution in [-0.2, 0) is 4.74 Å². The number of hydrogen-bond acceptors (Lipinski definition) is 3. The average Bonchev–Trinajstić information content (AvgIpc) is 2.18. The minimum atomic E-state index is 0.589. The number of nitrogens with one attached hydrogen (secondary N) is 1. The van der Waals surface area contributed by atoms with Gasteiger partial charge in [0.15, 0.2) is 0 Å². The summed E-state index contributed by atoms with van der Waals surface area (Å²) in [5.74, 6) is 0. The Morgan fingerprint density at radius 1 is 1.27 bits per heavy atom. The van der Waals surface area contributed by atoms with Crippen LogP contribution in [0.2, 0.25) is 0 Å². The Labute approximate surface area is 95.2 Å². The maximum atomic E-state index is 5.11. The first-order valence-electron chi connectivity index (χ1n) is 6.08. The third-order valence-corrected chi connectivity index (χ3v) is 2.73. The zero-order chi connectivity index (χ0) is 11.7. The Hall–Kier alpha value is -0.120.